The van der Waals surface area contributed by atoms with Crippen LogP contribution in [0.1, 0.15) is 18.7 Å². The van der Waals surface area contributed by atoms with Gasteiger partial charge in [-0.2, -0.15) is 5.10 Å². The molecule has 1 fully saturated rings. The van der Waals surface area contributed by atoms with Crippen molar-refractivity contribution in [3.63, 3.8) is 0 Å². The summed E-state index contributed by atoms with van der Waals surface area (Å²) in [4.78, 5) is 6.99. The number of halogens is 1. The molecule has 0 aliphatic carbocycles. The van der Waals surface area contributed by atoms with Gasteiger partial charge in [0.1, 0.15) is 0 Å². The topological polar surface area (TPSA) is 33.4 Å². The molecule has 1 saturated heterocycles. The molecule has 1 aliphatic heterocycles. The lowest BCUT2D eigenvalue weighted by atomic mass is 9.95. The van der Waals surface area contributed by atoms with Gasteiger partial charge in [-0.15, -0.1) is 0 Å². The second-order valence-corrected chi connectivity index (χ2v) is 6.07. The van der Waals surface area contributed by atoms with Gasteiger partial charge in [0.05, 0.1) is 0 Å². The number of pyridine rings is 1. The van der Waals surface area contributed by atoms with E-state index >= 15 is 0 Å². The molecule has 0 amide bonds. The maximum Gasteiger partial charge on any atom is 0.155 e. The van der Waals surface area contributed by atoms with Gasteiger partial charge in [-0.25, -0.2) is 9.50 Å². The minimum Gasteiger partial charge on any atom is -0.306 e. The average molecular weight is 309 g/mol. The van der Waals surface area contributed by atoms with E-state index in [1.807, 2.05) is 22.8 Å². The predicted octanol–water partition coefficient (Wildman–Crippen LogP) is 2.38. The van der Waals surface area contributed by atoms with Crippen molar-refractivity contribution < 1.29 is 0 Å². The van der Waals surface area contributed by atoms with E-state index in [4.69, 9.17) is 0 Å². The number of fused-ring (bicyclic) bond motifs is 1. The summed E-state index contributed by atoms with van der Waals surface area (Å²) in [5, 5.41) is 4.55. The van der Waals surface area contributed by atoms with Crippen LogP contribution in [0.25, 0.3) is 5.65 Å². The van der Waals surface area contributed by atoms with Crippen LogP contribution in [0.4, 0.5) is 0 Å². The summed E-state index contributed by atoms with van der Waals surface area (Å²) in [6, 6.07) is 4.00. The maximum absolute atomic E-state index is 4.59. The zero-order valence-corrected chi connectivity index (χ0v) is 12.1. The first-order valence-corrected chi connectivity index (χ1v) is 7.19. The summed E-state index contributed by atoms with van der Waals surface area (Å²) < 4.78 is 2.88. The number of rotatable bonds is 2. The lowest BCUT2D eigenvalue weighted by molar-refractivity contribution is 0.207. The Morgan fingerprint density at radius 3 is 3.17 bits per heavy atom. The Morgan fingerprint density at radius 1 is 1.44 bits per heavy atom. The SMILES string of the molecule is CN1CCCC(Cc2nc3ccc(Br)cn3n2)C1. The first kappa shape index (κ1) is 12.1. The molecule has 18 heavy (non-hydrogen) atoms. The van der Waals surface area contributed by atoms with Crippen molar-refractivity contribution in [2.75, 3.05) is 20.1 Å². The van der Waals surface area contributed by atoms with Crippen molar-refractivity contribution in [2.24, 2.45) is 5.92 Å². The minimum atomic E-state index is 0.699. The van der Waals surface area contributed by atoms with Crippen LogP contribution in [-0.2, 0) is 6.42 Å². The van der Waals surface area contributed by atoms with Crippen molar-refractivity contribution in [3.8, 4) is 0 Å². The quantitative estimate of drug-likeness (QED) is 0.854. The molecule has 0 bridgehead atoms. The molecule has 0 radical (unpaired) electrons. The van der Waals surface area contributed by atoms with Crippen molar-refractivity contribution in [2.45, 2.75) is 19.3 Å². The molecular weight excluding hydrogens is 292 g/mol. The van der Waals surface area contributed by atoms with Crippen LogP contribution in [-0.4, -0.2) is 39.6 Å². The fourth-order valence-electron chi connectivity index (χ4n) is 2.69. The van der Waals surface area contributed by atoms with E-state index in [-0.39, 0.29) is 0 Å². The summed E-state index contributed by atoms with van der Waals surface area (Å²) in [7, 11) is 2.19. The number of aromatic nitrogens is 3. The van der Waals surface area contributed by atoms with Gasteiger partial charge in [-0.3, -0.25) is 0 Å². The van der Waals surface area contributed by atoms with E-state index in [1.54, 1.807) is 0 Å². The van der Waals surface area contributed by atoms with Crippen LogP contribution in [0.2, 0.25) is 0 Å². The Kier molecular flexibility index (Phi) is 3.35. The molecule has 3 rings (SSSR count). The molecule has 0 N–H and O–H groups in total. The van der Waals surface area contributed by atoms with Crippen molar-refractivity contribution >= 4 is 21.6 Å². The third-order valence-corrected chi connectivity index (χ3v) is 4.00. The Morgan fingerprint density at radius 2 is 2.33 bits per heavy atom. The first-order valence-electron chi connectivity index (χ1n) is 6.40. The number of piperidine rings is 1. The van der Waals surface area contributed by atoms with E-state index in [9.17, 15) is 0 Å². The molecule has 1 atom stereocenters. The Labute approximate surface area is 115 Å². The summed E-state index contributed by atoms with van der Waals surface area (Å²) >= 11 is 3.45. The Hall–Kier alpha value is -0.940. The van der Waals surface area contributed by atoms with Crippen molar-refractivity contribution in [3.05, 3.63) is 28.6 Å². The van der Waals surface area contributed by atoms with Crippen molar-refractivity contribution in [1.29, 1.82) is 0 Å². The maximum atomic E-state index is 4.59. The fourth-order valence-corrected chi connectivity index (χ4v) is 3.01. The van der Waals surface area contributed by atoms with Gasteiger partial charge >= 0.3 is 0 Å². The third kappa shape index (κ3) is 2.57. The summed E-state index contributed by atoms with van der Waals surface area (Å²) in [6.45, 7) is 2.39. The molecule has 2 aromatic heterocycles. The van der Waals surface area contributed by atoms with Crippen LogP contribution in [0, 0.1) is 5.92 Å². The largest absolute Gasteiger partial charge is 0.306 e. The normalized spacial score (nSPS) is 21.6. The highest BCUT2D eigenvalue weighted by Crippen LogP contribution is 2.19. The zero-order chi connectivity index (χ0) is 12.5. The molecule has 96 valence electrons. The Balaban J connectivity index is 1.78. The lowest BCUT2D eigenvalue weighted by Crippen LogP contribution is -2.33. The van der Waals surface area contributed by atoms with Gasteiger partial charge in [-0.1, -0.05) is 0 Å². The minimum absolute atomic E-state index is 0.699. The monoisotopic (exact) mass is 308 g/mol. The number of hydrogen-bond donors (Lipinski definition) is 0. The van der Waals surface area contributed by atoms with E-state index in [2.05, 4.69) is 38.0 Å². The summed E-state index contributed by atoms with van der Waals surface area (Å²) in [5.41, 5.74) is 0.928. The molecule has 5 heteroatoms. The highest BCUT2D eigenvalue weighted by Gasteiger charge is 2.19. The van der Waals surface area contributed by atoms with Crippen LogP contribution in [0.3, 0.4) is 0 Å². The number of nitrogens with zero attached hydrogens (tertiary/aromatic N) is 4. The van der Waals surface area contributed by atoms with E-state index < -0.39 is 0 Å². The molecule has 4 nitrogen and oxygen atoms in total. The zero-order valence-electron chi connectivity index (χ0n) is 10.5. The predicted molar refractivity (Wildman–Crippen MR) is 74.6 cm³/mol. The molecule has 0 spiro atoms. The van der Waals surface area contributed by atoms with E-state index in [1.165, 1.54) is 25.9 Å². The molecule has 2 aromatic rings. The van der Waals surface area contributed by atoms with Crippen molar-refractivity contribution in [1.82, 2.24) is 19.5 Å². The van der Waals surface area contributed by atoms with Crippen LogP contribution < -0.4 is 0 Å². The molecule has 1 aliphatic rings. The lowest BCUT2D eigenvalue weighted by Gasteiger charge is -2.28. The summed E-state index contributed by atoms with van der Waals surface area (Å²) in [6.07, 6.45) is 5.53. The van der Waals surface area contributed by atoms with Gasteiger partial charge in [0.25, 0.3) is 0 Å². The molecule has 3 heterocycles. The second-order valence-electron chi connectivity index (χ2n) is 5.15. The van der Waals surface area contributed by atoms with E-state index in [0.717, 1.165) is 22.4 Å². The average Bonchev–Trinajstić information content (AvgIpc) is 2.70. The highest BCUT2D eigenvalue weighted by molar-refractivity contribution is 9.10. The smallest absolute Gasteiger partial charge is 0.155 e. The summed E-state index contributed by atoms with van der Waals surface area (Å²) in [5.74, 6) is 1.66. The van der Waals surface area contributed by atoms with Gasteiger partial charge in [0.15, 0.2) is 11.5 Å². The molecular formula is C13H17BrN4. The highest BCUT2D eigenvalue weighted by atomic mass is 79.9. The molecule has 0 aromatic carbocycles. The van der Waals surface area contributed by atoms with Gasteiger partial charge < -0.3 is 4.90 Å². The second kappa shape index (κ2) is 4.97. The molecule has 0 saturated carbocycles. The number of likely N-dealkylation sites (tertiary alicyclic amines) is 1. The van der Waals surface area contributed by atoms with Gasteiger partial charge in [0.2, 0.25) is 0 Å². The Bertz CT molecular complexity index is 551. The number of hydrogen-bond acceptors (Lipinski definition) is 3. The first-order chi connectivity index (χ1) is 8.70. The van der Waals surface area contributed by atoms with Crippen LogP contribution in [0.15, 0.2) is 22.8 Å². The van der Waals surface area contributed by atoms with Crippen LogP contribution >= 0.6 is 15.9 Å². The van der Waals surface area contributed by atoms with Gasteiger partial charge in [0, 0.05) is 23.6 Å². The standard InChI is InChI=1S/C13H17BrN4/c1-17-6-2-3-10(8-17)7-12-15-13-5-4-11(14)9-18(13)16-12/h4-5,9-10H,2-3,6-8H2,1H3. The molecule has 1 unspecified atom stereocenters. The van der Waals surface area contributed by atoms with Crippen LogP contribution in [0.5, 0.6) is 0 Å². The van der Waals surface area contributed by atoms with Gasteiger partial charge in [-0.05, 0) is 60.4 Å². The fraction of sp³-hybridized carbons (Fsp3) is 0.538. The van der Waals surface area contributed by atoms with E-state index in [0.29, 0.717) is 5.92 Å². The third-order valence-electron chi connectivity index (χ3n) is 3.53.